The Morgan fingerprint density at radius 2 is 1.97 bits per heavy atom. The first-order valence-corrected chi connectivity index (χ1v) is 9.42. The molecule has 0 radical (unpaired) electrons. The lowest BCUT2D eigenvalue weighted by Crippen LogP contribution is -2.35. The summed E-state index contributed by atoms with van der Waals surface area (Å²) in [5.74, 6) is 1.16. The third kappa shape index (κ3) is 6.29. The zero-order valence-corrected chi connectivity index (χ0v) is 17.4. The molecule has 2 aromatic carbocycles. The molecule has 0 aliphatic rings. The molecule has 1 aromatic heterocycles. The maximum Gasteiger partial charge on any atom is 0.130 e. The van der Waals surface area contributed by atoms with Crippen molar-refractivity contribution in [2.24, 2.45) is 7.05 Å². The van der Waals surface area contributed by atoms with E-state index in [1.54, 1.807) is 12.3 Å². The fraction of sp³-hybridized carbons (Fsp3) is 0.318. The zero-order valence-electron chi connectivity index (χ0n) is 16.6. The molecule has 3 rings (SSSR count). The molecule has 5 nitrogen and oxygen atoms in total. The molecule has 7 heteroatoms. The summed E-state index contributed by atoms with van der Waals surface area (Å²) in [6.07, 6.45) is 3.79. The van der Waals surface area contributed by atoms with Crippen molar-refractivity contribution in [3.63, 3.8) is 0 Å². The summed E-state index contributed by atoms with van der Waals surface area (Å²) in [5, 5.41) is 13.6. The monoisotopic (exact) mass is 419 g/mol. The second-order valence-electron chi connectivity index (χ2n) is 6.75. The van der Waals surface area contributed by atoms with E-state index in [1.165, 1.54) is 17.7 Å². The molecule has 29 heavy (non-hydrogen) atoms. The number of nitrogens with zero attached hydrogens (tertiary/aromatic N) is 2. The number of aliphatic hydroxyl groups is 1. The van der Waals surface area contributed by atoms with Crippen LogP contribution in [0.25, 0.3) is 0 Å². The van der Waals surface area contributed by atoms with Gasteiger partial charge in [0.25, 0.3) is 0 Å². The second kappa shape index (κ2) is 11.0. The molecular formula is C22H27ClFN3O2. The molecular weight excluding hydrogens is 393 g/mol. The van der Waals surface area contributed by atoms with E-state index in [-0.39, 0.29) is 37.4 Å². The third-order valence-electron chi connectivity index (χ3n) is 4.63. The number of imidazole rings is 1. The topological polar surface area (TPSA) is 59.3 Å². The van der Waals surface area contributed by atoms with Crippen molar-refractivity contribution >= 4 is 12.4 Å². The van der Waals surface area contributed by atoms with Crippen molar-refractivity contribution in [3.8, 4) is 5.75 Å². The van der Waals surface area contributed by atoms with Gasteiger partial charge >= 0.3 is 0 Å². The number of hydrogen-bond acceptors (Lipinski definition) is 4. The Balaban J connectivity index is 0.00000300. The van der Waals surface area contributed by atoms with Gasteiger partial charge in [-0.05, 0) is 41.8 Å². The van der Waals surface area contributed by atoms with Crippen LogP contribution in [-0.2, 0) is 13.5 Å². The van der Waals surface area contributed by atoms with Crippen molar-refractivity contribution in [2.45, 2.75) is 25.5 Å². The predicted octanol–water partition coefficient (Wildman–Crippen LogP) is 3.66. The van der Waals surface area contributed by atoms with Crippen LogP contribution in [0.3, 0.4) is 0 Å². The zero-order chi connectivity index (χ0) is 19.9. The van der Waals surface area contributed by atoms with Crippen LogP contribution < -0.4 is 10.1 Å². The average molecular weight is 420 g/mol. The standard InChI is InChI=1S/C22H26FN3O2.ClH/c1-3-16-7-9-20(10-8-16)28-15-19(27)14-25-21(22-24-11-12-26(22)2)17-5-4-6-18(23)13-17;/h4-13,19,21,25,27H,3,14-15H2,1-2H3;1H. The molecule has 0 spiro atoms. The second-order valence-corrected chi connectivity index (χ2v) is 6.75. The van der Waals surface area contributed by atoms with E-state index in [4.69, 9.17) is 4.74 Å². The number of benzene rings is 2. The Morgan fingerprint density at radius 1 is 1.21 bits per heavy atom. The van der Waals surface area contributed by atoms with Crippen LogP contribution in [0.4, 0.5) is 4.39 Å². The van der Waals surface area contributed by atoms with Crippen LogP contribution in [0.5, 0.6) is 5.75 Å². The minimum absolute atomic E-state index is 0. The summed E-state index contributed by atoms with van der Waals surface area (Å²) in [6, 6.07) is 13.9. The van der Waals surface area contributed by atoms with Crippen molar-refractivity contribution in [3.05, 3.63) is 83.7 Å². The fourth-order valence-electron chi connectivity index (χ4n) is 3.03. The van der Waals surface area contributed by atoms with Gasteiger partial charge in [0.05, 0.1) is 6.04 Å². The van der Waals surface area contributed by atoms with E-state index in [0.717, 1.165) is 23.6 Å². The number of hydrogen-bond donors (Lipinski definition) is 2. The number of halogens is 2. The van der Waals surface area contributed by atoms with Gasteiger partial charge in [-0.1, -0.05) is 31.2 Å². The molecule has 0 amide bonds. The minimum atomic E-state index is -0.720. The highest BCUT2D eigenvalue weighted by atomic mass is 35.5. The van der Waals surface area contributed by atoms with Gasteiger partial charge in [0, 0.05) is 26.0 Å². The molecule has 2 unspecified atom stereocenters. The Labute approximate surface area is 177 Å². The Kier molecular flexibility index (Phi) is 8.64. The molecule has 3 aromatic rings. The van der Waals surface area contributed by atoms with Gasteiger partial charge in [0.1, 0.15) is 30.1 Å². The Bertz CT molecular complexity index is 886. The van der Waals surface area contributed by atoms with Crippen LogP contribution in [0.15, 0.2) is 60.9 Å². The highest BCUT2D eigenvalue weighted by Crippen LogP contribution is 2.21. The normalized spacial score (nSPS) is 12.8. The van der Waals surface area contributed by atoms with Crippen molar-refractivity contribution in [1.29, 1.82) is 0 Å². The predicted molar refractivity (Wildman–Crippen MR) is 114 cm³/mol. The first kappa shape index (κ1) is 22.9. The van der Waals surface area contributed by atoms with Gasteiger partial charge < -0.3 is 19.7 Å². The summed E-state index contributed by atoms with van der Waals surface area (Å²) < 4.78 is 21.3. The van der Waals surface area contributed by atoms with Crippen LogP contribution in [0.2, 0.25) is 0 Å². The smallest absolute Gasteiger partial charge is 0.130 e. The molecule has 2 atom stereocenters. The van der Waals surface area contributed by atoms with E-state index in [1.807, 2.05) is 48.1 Å². The number of rotatable bonds is 9. The fourth-order valence-corrected chi connectivity index (χ4v) is 3.03. The molecule has 156 valence electrons. The lowest BCUT2D eigenvalue weighted by Gasteiger charge is -2.21. The average Bonchev–Trinajstić information content (AvgIpc) is 3.13. The van der Waals surface area contributed by atoms with Gasteiger partial charge in [-0.25, -0.2) is 9.37 Å². The van der Waals surface area contributed by atoms with E-state index in [0.29, 0.717) is 0 Å². The molecule has 0 saturated heterocycles. The largest absolute Gasteiger partial charge is 0.491 e. The van der Waals surface area contributed by atoms with Crippen LogP contribution >= 0.6 is 12.4 Å². The van der Waals surface area contributed by atoms with E-state index < -0.39 is 6.10 Å². The van der Waals surface area contributed by atoms with Crippen LogP contribution in [0.1, 0.15) is 29.9 Å². The highest BCUT2D eigenvalue weighted by Gasteiger charge is 2.20. The van der Waals surface area contributed by atoms with Gasteiger partial charge in [-0.3, -0.25) is 0 Å². The lowest BCUT2D eigenvalue weighted by atomic mass is 10.1. The first-order chi connectivity index (χ1) is 13.6. The van der Waals surface area contributed by atoms with Crippen molar-refractivity contribution in [2.75, 3.05) is 13.2 Å². The number of ether oxygens (including phenoxy) is 1. The van der Waals surface area contributed by atoms with Crippen LogP contribution in [-0.4, -0.2) is 33.9 Å². The third-order valence-corrected chi connectivity index (χ3v) is 4.63. The summed E-state index contributed by atoms with van der Waals surface area (Å²) in [7, 11) is 1.88. The summed E-state index contributed by atoms with van der Waals surface area (Å²) in [5.41, 5.74) is 1.99. The maximum absolute atomic E-state index is 13.7. The minimum Gasteiger partial charge on any atom is -0.491 e. The van der Waals surface area contributed by atoms with Crippen LogP contribution in [0, 0.1) is 5.82 Å². The SMILES string of the molecule is CCc1ccc(OCC(O)CNC(c2cccc(F)c2)c2nccn2C)cc1.Cl. The summed E-state index contributed by atoms with van der Waals surface area (Å²) in [6.45, 7) is 2.54. The summed E-state index contributed by atoms with van der Waals surface area (Å²) in [4.78, 5) is 4.38. The number of aromatic nitrogens is 2. The quantitative estimate of drug-likeness (QED) is 0.555. The molecule has 0 aliphatic carbocycles. The molecule has 0 aliphatic heterocycles. The number of aliphatic hydroxyl groups excluding tert-OH is 1. The number of aryl methyl sites for hydroxylation is 2. The Hall–Kier alpha value is -2.41. The summed E-state index contributed by atoms with van der Waals surface area (Å²) >= 11 is 0. The van der Waals surface area contributed by atoms with E-state index in [9.17, 15) is 9.50 Å². The van der Waals surface area contributed by atoms with Crippen molar-refractivity contribution < 1.29 is 14.2 Å². The number of nitrogens with one attached hydrogen (secondary N) is 1. The van der Waals surface area contributed by atoms with E-state index in [2.05, 4.69) is 17.2 Å². The Morgan fingerprint density at radius 3 is 2.59 bits per heavy atom. The first-order valence-electron chi connectivity index (χ1n) is 9.42. The molecule has 0 saturated carbocycles. The highest BCUT2D eigenvalue weighted by molar-refractivity contribution is 5.85. The molecule has 0 bridgehead atoms. The van der Waals surface area contributed by atoms with Gasteiger partial charge in [0.2, 0.25) is 0 Å². The van der Waals surface area contributed by atoms with E-state index >= 15 is 0 Å². The van der Waals surface area contributed by atoms with Gasteiger partial charge in [-0.2, -0.15) is 0 Å². The molecule has 2 N–H and O–H groups in total. The molecule has 0 fully saturated rings. The molecule has 1 heterocycles. The maximum atomic E-state index is 13.7. The van der Waals surface area contributed by atoms with Gasteiger partial charge in [-0.15, -0.1) is 12.4 Å². The lowest BCUT2D eigenvalue weighted by molar-refractivity contribution is 0.104. The van der Waals surface area contributed by atoms with Crippen molar-refractivity contribution in [1.82, 2.24) is 14.9 Å². The van der Waals surface area contributed by atoms with Gasteiger partial charge in [0.15, 0.2) is 0 Å².